The van der Waals surface area contributed by atoms with Gasteiger partial charge in [-0.3, -0.25) is 4.90 Å². The number of H-pyrrole nitrogens is 1. The van der Waals surface area contributed by atoms with E-state index in [0.29, 0.717) is 25.3 Å². The first kappa shape index (κ1) is 23.4. The molecule has 2 aromatic carbocycles. The van der Waals surface area contributed by atoms with E-state index in [2.05, 4.69) is 81.0 Å². The average molecular weight is 508 g/mol. The Morgan fingerprint density at radius 3 is 2.58 bits per heavy atom. The first-order valence-corrected chi connectivity index (χ1v) is 13.7. The number of piperidine rings is 1. The fourth-order valence-corrected chi connectivity index (χ4v) is 5.98. The fraction of sp³-hybridized carbons (Fsp3) is 0.367. The van der Waals surface area contributed by atoms with E-state index in [1.54, 1.807) is 0 Å². The van der Waals surface area contributed by atoms with E-state index >= 15 is 0 Å². The lowest BCUT2D eigenvalue weighted by Crippen LogP contribution is -2.37. The Bertz CT molecular complexity index is 1550. The van der Waals surface area contributed by atoms with Crippen molar-refractivity contribution in [2.75, 3.05) is 44.3 Å². The molecular weight excluding hydrogens is 474 g/mol. The maximum atomic E-state index is 5.64. The third kappa shape index (κ3) is 4.23. The fourth-order valence-electron chi connectivity index (χ4n) is 5.98. The Kier molecular flexibility index (Phi) is 6.06. The summed E-state index contributed by atoms with van der Waals surface area (Å²) in [5.41, 5.74) is 4.44. The number of morpholine rings is 1. The smallest absolute Gasteiger partial charge is 0.164 e. The van der Waals surface area contributed by atoms with Crippen LogP contribution >= 0.6 is 0 Å². The second-order valence-electron chi connectivity index (χ2n) is 10.4. The van der Waals surface area contributed by atoms with Gasteiger partial charge < -0.3 is 14.6 Å². The Hall–Kier alpha value is -3.75. The summed E-state index contributed by atoms with van der Waals surface area (Å²) in [6.07, 6.45) is 6.04. The largest absolute Gasteiger partial charge is 0.378 e. The molecule has 1 atom stereocenters. The standard InChI is InChI=1S/C30H33N7O/c1-21(22-5-3-2-4-6-22)35-13-10-25(11-14-35)37-30-26(20-32-37)29(36-15-17-38-18-16-36)33-28(34-30)24-7-8-27-23(19-24)9-12-31-27/h2-9,12,19-21,25,31H,10-11,13-18H2,1H3. The zero-order chi connectivity index (χ0) is 25.5. The molecule has 0 saturated carbocycles. The summed E-state index contributed by atoms with van der Waals surface area (Å²) in [6.45, 7) is 7.47. The van der Waals surface area contributed by atoms with Crippen LogP contribution in [-0.4, -0.2) is 69.0 Å². The zero-order valence-electron chi connectivity index (χ0n) is 21.8. The summed E-state index contributed by atoms with van der Waals surface area (Å²) >= 11 is 0. The predicted octanol–water partition coefficient (Wildman–Crippen LogP) is 5.21. The molecule has 5 heterocycles. The van der Waals surface area contributed by atoms with Crippen LogP contribution in [0.3, 0.4) is 0 Å². The molecule has 8 heteroatoms. The van der Waals surface area contributed by atoms with Gasteiger partial charge in [-0.15, -0.1) is 0 Å². The van der Waals surface area contributed by atoms with Crippen molar-refractivity contribution in [1.82, 2.24) is 29.6 Å². The lowest BCUT2D eigenvalue weighted by atomic mass is 10.0. The minimum Gasteiger partial charge on any atom is -0.378 e. The summed E-state index contributed by atoms with van der Waals surface area (Å²) in [7, 11) is 0. The lowest BCUT2D eigenvalue weighted by molar-refractivity contribution is 0.122. The van der Waals surface area contributed by atoms with E-state index < -0.39 is 0 Å². The van der Waals surface area contributed by atoms with E-state index in [-0.39, 0.29) is 0 Å². The van der Waals surface area contributed by atoms with Gasteiger partial charge in [0.1, 0.15) is 5.82 Å². The first-order chi connectivity index (χ1) is 18.7. The van der Waals surface area contributed by atoms with Crippen molar-refractivity contribution in [1.29, 1.82) is 0 Å². The van der Waals surface area contributed by atoms with Crippen LogP contribution in [0, 0.1) is 0 Å². The highest BCUT2D eigenvalue weighted by atomic mass is 16.5. The molecular formula is C30H33N7O. The van der Waals surface area contributed by atoms with Crippen molar-refractivity contribution in [2.24, 2.45) is 0 Å². The number of aromatic amines is 1. The molecule has 2 aliphatic heterocycles. The van der Waals surface area contributed by atoms with Crippen LogP contribution in [0.4, 0.5) is 5.82 Å². The molecule has 2 saturated heterocycles. The van der Waals surface area contributed by atoms with Crippen molar-refractivity contribution < 1.29 is 4.74 Å². The number of fused-ring (bicyclic) bond motifs is 2. The lowest BCUT2D eigenvalue weighted by Gasteiger charge is -2.36. The summed E-state index contributed by atoms with van der Waals surface area (Å²) in [5.74, 6) is 1.71. The summed E-state index contributed by atoms with van der Waals surface area (Å²) in [4.78, 5) is 18.4. The van der Waals surface area contributed by atoms with E-state index in [9.17, 15) is 0 Å². The molecule has 0 radical (unpaired) electrons. The first-order valence-electron chi connectivity index (χ1n) is 13.7. The second kappa shape index (κ2) is 9.85. The van der Waals surface area contributed by atoms with E-state index in [0.717, 1.165) is 78.2 Å². The maximum absolute atomic E-state index is 5.64. The van der Waals surface area contributed by atoms with Crippen molar-refractivity contribution in [2.45, 2.75) is 31.8 Å². The van der Waals surface area contributed by atoms with Crippen molar-refractivity contribution in [3.8, 4) is 11.4 Å². The molecule has 8 nitrogen and oxygen atoms in total. The SMILES string of the molecule is CC(c1ccccc1)N1CCC(n2ncc3c(N4CCOCC4)nc(-c4ccc5[nH]ccc5c4)nc32)CC1. The molecule has 0 spiro atoms. The van der Waals surface area contributed by atoms with Crippen molar-refractivity contribution >= 4 is 27.8 Å². The number of rotatable bonds is 5. The Morgan fingerprint density at radius 1 is 0.947 bits per heavy atom. The predicted molar refractivity (Wildman–Crippen MR) is 150 cm³/mol. The average Bonchev–Trinajstić information content (AvgIpc) is 3.64. The normalized spacial score (nSPS) is 18.4. The molecule has 0 bridgehead atoms. The number of nitrogens with one attached hydrogen (secondary N) is 1. The molecule has 7 rings (SSSR count). The highest BCUT2D eigenvalue weighted by Crippen LogP contribution is 2.34. The quantitative estimate of drug-likeness (QED) is 0.352. The molecule has 1 unspecified atom stereocenters. The number of anilines is 1. The monoisotopic (exact) mass is 507 g/mol. The molecule has 2 fully saturated rings. The third-order valence-electron chi connectivity index (χ3n) is 8.23. The van der Waals surface area contributed by atoms with Gasteiger partial charge >= 0.3 is 0 Å². The molecule has 3 aromatic heterocycles. The van der Waals surface area contributed by atoms with Gasteiger partial charge in [-0.2, -0.15) is 5.10 Å². The number of likely N-dealkylation sites (tertiary alicyclic amines) is 1. The third-order valence-corrected chi connectivity index (χ3v) is 8.23. The molecule has 194 valence electrons. The van der Waals surface area contributed by atoms with Crippen LogP contribution in [0.2, 0.25) is 0 Å². The van der Waals surface area contributed by atoms with Gasteiger partial charge in [-0.25, -0.2) is 14.6 Å². The van der Waals surface area contributed by atoms with E-state index in [1.165, 1.54) is 5.56 Å². The molecule has 38 heavy (non-hydrogen) atoms. The van der Waals surface area contributed by atoms with Crippen LogP contribution in [0.5, 0.6) is 0 Å². The van der Waals surface area contributed by atoms with E-state index in [4.69, 9.17) is 19.8 Å². The van der Waals surface area contributed by atoms with Crippen LogP contribution in [0.15, 0.2) is 67.0 Å². The van der Waals surface area contributed by atoms with Gasteiger partial charge in [0.15, 0.2) is 11.5 Å². The molecule has 5 aromatic rings. The highest BCUT2D eigenvalue weighted by Gasteiger charge is 2.28. The van der Waals surface area contributed by atoms with Crippen LogP contribution in [0.1, 0.15) is 37.4 Å². The van der Waals surface area contributed by atoms with Crippen molar-refractivity contribution in [3.05, 3.63) is 72.6 Å². The molecule has 2 aliphatic rings. The zero-order valence-corrected chi connectivity index (χ0v) is 21.8. The van der Waals surface area contributed by atoms with Gasteiger partial charge in [-0.05, 0) is 49.6 Å². The summed E-state index contributed by atoms with van der Waals surface area (Å²) in [5, 5.41) is 7.10. The van der Waals surface area contributed by atoms with Crippen LogP contribution in [0.25, 0.3) is 33.3 Å². The Morgan fingerprint density at radius 2 is 1.76 bits per heavy atom. The number of nitrogens with zero attached hydrogens (tertiary/aromatic N) is 6. The minimum absolute atomic E-state index is 0.319. The number of hydrogen-bond donors (Lipinski definition) is 1. The van der Waals surface area contributed by atoms with Gasteiger partial charge in [0.2, 0.25) is 0 Å². The minimum atomic E-state index is 0.319. The van der Waals surface area contributed by atoms with Gasteiger partial charge in [0.05, 0.1) is 30.8 Å². The second-order valence-corrected chi connectivity index (χ2v) is 10.4. The number of aromatic nitrogens is 5. The summed E-state index contributed by atoms with van der Waals surface area (Å²) < 4.78 is 7.81. The van der Waals surface area contributed by atoms with Crippen LogP contribution in [-0.2, 0) is 4.74 Å². The van der Waals surface area contributed by atoms with E-state index in [1.807, 2.05) is 12.4 Å². The maximum Gasteiger partial charge on any atom is 0.164 e. The highest BCUT2D eigenvalue weighted by molar-refractivity contribution is 5.90. The number of benzene rings is 2. The number of ether oxygens (including phenoxy) is 1. The molecule has 0 aliphatic carbocycles. The molecule has 1 N–H and O–H groups in total. The Labute approximate surface area is 222 Å². The van der Waals surface area contributed by atoms with Crippen molar-refractivity contribution in [3.63, 3.8) is 0 Å². The van der Waals surface area contributed by atoms with Gasteiger partial charge in [0.25, 0.3) is 0 Å². The topological polar surface area (TPSA) is 75.1 Å². The van der Waals surface area contributed by atoms with Gasteiger partial charge in [0, 0.05) is 54.9 Å². The number of hydrogen-bond acceptors (Lipinski definition) is 6. The molecule has 0 amide bonds. The Balaban J connectivity index is 1.23. The summed E-state index contributed by atoms with van der Waals surface area (Å²) in [6, 6.07) is 20.0. The van der Waals surface area contributed by atoms with Crippen LogP contribution < -0.4 is 4.90 Å². The van der Waals surface area contributed by atoms with Gasteiger partial charge in [-0.1, -0.05) is 30.3 Å².